The first-order valence-corrected chi connectivity index (χ1v) is 4.16. The first kappa shape index (κ1) is 9.38. The Kier molecular flexibility index (Phi) is 5.41. The fourth-order valence-corrected chi connectivity index (χ4v) is 1.13. The second kappa shape index (κ2) is 5.19. The maximum absolute atomic E-state index is 2.19. The van der Waals surface area contributed by atoms with Gasteiger partial charge in [-0.3, -0.25) is 0 Å². The fourth-order valence-electron chi connectivity index (χ4n) is 0.605. The zero-order valence-electron chi connectivity index (χ0n) is 5.29. The maximum atomic E-state index is 2.19. The lowest BCUT2D eigenvalue weighted by Crippen LogP contribution is -1.87. The van der Waals surface area contributed by atoms with Crippen LogP contribution in [0.3, 0.4) is 0 Å². The molecule has 0 spiro atoms. The van der Waals surface area contributed by atoms with Crippen molar-refractivity contribution < 1.29 is 0 Å². The van der Waals surface area contributed by atoms with Crippen molar-refractivity contribution in [1.82, 2.24) is 0 Å². The van der Waals surface area contributed by atoms with Crippen molar-refractivity contribution in [3.63, 3.8) is 0 Å². The average Bonchev–Trinajstić information content (AvgIpc) is 1.90. The van der Waals surface area contributed by atoms with E-state index in [0.717, 1.165) is 8.58 Å². The van der Waals surface area contributed by atoms with Crippen LogP contribution >= 0.6 is 32.6 Å². The summed E-state index contributed by atoms with van der Waals surface area (Å²) >= 11 is 0. The minimum absolute atomic E-state index is 0. The molecule has 9 heavy (non-hydrogen) atoms. The van der Waals surface area contributed by atoms with Crippen LogP contribution < -0.4 is 5.30 Å². The molecular formula is C7H10IP. The van der Waals surface area contributed by atoms with E-state index < -0.39 is 0 Å². The molecule has 1 rings (SSSR count). The molecule has 50 valence electrons. The fraction of sp³-hybridized carbons (Fsp3) is 0.143. The molecule has 0 radical (unpaired) electrons. The van der Waals surface area contributed by atoms with Gasteiger partial charge in [0, 0.05) is 0 Å². The number of hydrogen-bond acceptors (Lipinski definition) is 0. The van der Waals surface area contributed by atoms with Crippen LogP contribution in [0, 0.1) is 0 Å². The summed E-state index contributed by atoms with van der Waals surface area (Å²) in [6.07, 6.45) is 0. The highest BCUT2D eigenvalue weighted by molar-refractivity contribution is 14.0. The van der Waals surface area contributed by atoms with Gasteiger partial charge >= 0.3 is 0 Å². The molecule has 2 heteroatoms. The predicted octanol–water partition coefficient (Wildman–Crippen LogP) is 2.24. The first-order valence-electron chi connectivity index (χ1n) is 2.66. The van der Waals surface area contributed by atoms with E-state index in [1.165, 1.54) is 5.30 Å². The monoisotopic (exact) mass is 252 g/mol. The Bertz CT molecular complexity index is 150. The third-order valence-corrected chi connectivity index (χ3v) is 1.97. The highest BCUT2D eigenvalue weighted by atomic mass is 127. The van der Waals surface area contributed by atoms with Gasteiger partial charge in [0.15, 0.2) is 0 Å². The Labute approximate surface area is 74.9 Å². The van der Waals surface area contributed by atoms with Gasteiger partial charge in [-0.2, -0.15) is 0 Å². The molecule has 1 atom stereocenters. The number of hydrogen-bond donors (Lipinski definition) is 0. The minimum Gasteiger partial charge on any atom is -0.107 e. The maximum Gasteiger partial charge on any atom is -0.0274 e. The highest BCUT2D eigenvalue weighted by Crippen LogP contribution is 2.00. The summed E-state index contributed by atoms with van der Waals surface area (Å²) in [5.74, 6) is 0. The van der Waals surface area contributed by atoms with Crippen LogP contribution in [0.2, 0.25) is 0 Å². The summed E-state index contributed by atoms with van der Waals surface area (Å²) in [7, 11) is 0.930. The van der Waals surface area contributed by atoms with E-state index in [0.29, 0.717) is 0 Å². The molecule has 0 aliphatic carbocycles. The van der Waals surface area contributed by atoms with E-state index in [1.807, 2.05) is 6.07 Å². The molecule has 0 aliphatic heterocycles. The molecule has 0 aromatic heterocycles. The van der Waals surface area contributed by atoms with Crippen LogP contribution in [0.5, 0.6) is 0 Å². The van der Waals surface area contributed by atoms with Crippen molar-refractivity contribution >= 4 is 37.9 Å². The Morgan fingerprint density at radius 3 is 2.00 bits per heavy atom. The van der Waals surface area contributed by atoms with Gasteiger partial charge in [-0.05, 0) is 12.0 Å². The van der Waals surface area contributed by atoms with Gasteiger partial charge < -0.3 is 0 Å². The normalized spacial score (nSPS) is 9.44. The van der Waals surface area contributed by atoms with Crippen molar-refractivity contribution in [2.45, 2.75) is 0 Å². The lowest BCUT2D eigenvalue weighted by molar-refractivity contribution is 1.78. The van der Waals surface area contributed by atoms with E-state index >= 15 is 0 Å². The molecule has 0 amide bonds. The molecule has 0 aliphatic rings. The third-order valence-electron chi connectivity index (χ3n) is 1.06. The van der Waals surface area contributed by atoms with Crippen molar-refractivity contribution in [3.8, 4) is 0 Å². The molecule has 0 fully saturated rings. The van der Waals surface area contributed by atoms with E-state index in [4.69, 9.17) is 0 Å². The molecule has 1 unspecified atom stereocenters. The van der Waals surface area contributed by atoms with E-state index in [2.05, 4.69) is 30.9 Å². The lowest BCUT2D eigenvalue weighted by atomic mass is 10.4. The summed E-state index contributed by atoms with van der Waals surface area (Å²) in [5.41, 5.74) is 0. The minimum atomic E-state index is 0. The second-order valence-corrected chi connectivity index (χ2v) is 2.69. The SMILES string of the molecule is CPc1ccccc1.I. The first-order chi connectivity index (χ1) is 3.93. The quantitative estimate of drug-likeness (QED) is 0.531. The van der Waals surface area contributed by atoms with Crippen LogP contribution in [0.4, 0.5) is 0 Å². The molecule has 0 bridgehead atoms. The van der Waals surface area contributed by atoms with Gasteiger partial charge in [-0.1, -0.05) is 38.9 Å². The Hall–Kier alpha value is 0.380. The Balaban J connectivity index is 0.000000640. The van der Waals surface area contributed by atoms with Crippen molar-refractivity contribution in [2.24, 2.45) is 0 Å². The van der Waals surface area contributed by atoms with Gasteiger partial charge in [0.1, 0.15) is 0 Å². The zero-order valence-corrected chi connectivity index (χ0v) is 8.63. The predicted molar refractivity (Wildman–Crippen MR) is 55.7 cm³/mol. The van der Waals surface area contributed by atoms with Crippen molar-refractivity contribution in [2.75, 3.05) is 6.66 Å². The zero-order chi connectivity index (χ0) is 5.82. The lowest BCUT2D eigenvalue weighted by Gasteiger charge is -1.89. The third kappa shape index (κ3) is 3.17. The van der Waals surface area contributed by atoms with Gasteiger partial charge in [-0.15, -0.1) is 24.0 Å². The smallest absolute Gasteiger partial charge is 0.0274 e. The van der Waals surface area contributed by atoms with Crippen LogP contribution in [-0.2, 0) is 0 Å². The Morgan fingerprint density at radius 1 is 1.11 bits per heavy atom. The van der Waals surface area contributed by atoms with E-state index in [1.54, 1.807) is 0 Å². The van der Waals surface area contributed by atoms with Crippen LogP contribution in [0.1, 0.15) is 0 Å². The van der Waals surface area contributed by atoms with Crippen molar-refractivity contribution in [1.29, 1.82) is 0 Å². The van der Waals surface area contributed by atoms with Crippen LogP contribution in [0.15, 0.2) is 30.3 Å². The molecule has 0 heterocycles. The topological polar surface area (TPSA) is 0 Å². The molecule has 0 N–H and O–H groups in total. The summed E-state index contributed by atoms with van der Waals surface area (Å²) < 4.78 is 0. The van der Waals surface area contributed by atoms with Crippen molar-refractivity contribution in [3.05, 3.63) is 30.3 Å². The molecule has 0 nitrogen and oxygen atoms in total. The second-order valence-electron chi connectivity index (χ2n) is 1.62. The largest absolute Gasteiger partial charge is 0.107 e. The summed E-state index contributed by atoms with van der Waals surface area (Å²) in [6, 6.07) is 10.5. The van der Waals surface area contributed by atoms with Crippen LogP contribution in [0.25, 0.3) is 0 Å². The Morgan fingerprint density at radius 2 is 1.67 bits per heavy atom. The number of rotatable bonds is 1. The van der Waals surface area contributed by atoms with Gasteiger partial charge in [-0.25, -0.2) is 0 Å². The number of halogens is 1. The van der Waals surface area contributed by atoms with Gasteiger partial charge in [0.05, 0.1) is 0 Å². The molecule has 1 aromatic carbocycles. The average molecular weight is 252 g/mol. The highest BCUT2D eigenvalue weighted by Gasteiger charge is 1.79. The molecule has 0 saturated heterocycles. The summed E-state index contributed by atoms with van der Waals surface area (Å²) in [5, 5.41) is 1.44. The van der Waals surface area contributed by atoms with Gasteiger partial charge in [0.25, 0.3) is 0 Å². The van der Waals surface area contributed by atoms with E-state index in [9.17, 15) is 0 Å². The van der Waals surface area contributed by atoms with Crippen LogP contribution in [-0.4, -0.2) is 6.66 Å². The summed E-state index contributed by atoms with van der Waals surface area (Å²) in [4.78, 5) is 0. The summed E-state index contributed by atoms with van der Waals surface area (Å²) in [6.45, 7) is 2.19. The standard InChI is InChI=1S/C7H9P.HI/c1-8-7-5-3-2-4-6-7;/h2-6,8H,1H3;1H. The number of benzene rings is 1. The van der Waals surface area contributed by atoms with Gasteiger partial charge in [0.2, 0.25) is 0 Å². The molecule has 1 aromatic rings. The van der Waals surface area contributed by atoms with E-state index in [-0.39, 0.29) is 24.0 Å². The molecule has 0 saturated carbocycles. The molecular weight excluding hydrogens is 242 g/mol.